The first-order valence-corrected chi connectivity index (χ1v) is 16.1. The van der Waals surface area contributed by atoms with Crippen molar-refractivity contribution < 1.29 is 1.43 Å². The molecule has 0 heteroatoms. The SMILES string of the molecule is C.CC.CC1C=CC(c2ccc(-c3ccc4ccc5c(-c6ccccc6)cc(-c6ccccc6)c6ccc3c4c56)cc2)=CCC1.[HH]. The number of benzene rings is 7. The van der Waals surface area contributed by atoms with Crippen molar-refractivity contribution in [2.45, 2.75) is 41.0 Å². The lowest BCUT2D eigenvalue weighted by Gasteiger charge is -2.19. The Balaban J connectivity index is 0.00000102. The fourth-order valence-corrected chi connectivity index (χ4v) is 6.85. The molecule has 8 rings (SSSR count). The zero-order valence-electron chi connectivity index (χ0n) is 25.8. The van der Waals surface area contributed by atoms with Crippen molar-refractivity contribution >= 4 is 37.9 Å². The molecule has 0 radical (unpaired) electrons. The quantitative estimate of drug-likeness (QED) is 0.181. The third kappa shape index (κ3) is 5.47. The van der Waals surface area contributed by atoms with Crippen molar-refractivity contribution in [3.05, 3.63) is 151 Å². The third-order valence-electron chi connectivity index (χ3n) is 9.07. The minimum Gasteiger partial charge on any atom is -0.0811 e. The van der Waals surface area contributed by atoms with Gasteiger partial charge in [-0.1, -0.05) is 168 Å². The molecule has 0 amide bonds. The van der Waals surface area contributed by atoms with Crippen LogP contribution in [0.3, 0.4) is 0 Å². The summed E-state index contributed by atoms with van der Waals surface area (Å²) >= 11 is 0. The standard InChI is InChI=1S/C42H32.C2H6.CH4.H2/c1-28-9-8-14-29(16-15-28)30-17-19-33(20-18-30)35-23-21-34-22-24-37-39(31-10-4-2-5-11-31)27-40(32-12-6-3-7-13-32)38-26-25-36(35)41(34)42(37)38;1-2;;/h2-7,10-28H,8-9H2,1H3;1-2H3;1H4;1H. The van der Waals surface area contributed by atoms with Crippen LogP contribution in [-0.2, 0) is 0 Å². The molecule has 0 aromatic heterocycles. The summed E-state index contributed by atoms with van der Waals surface area (Å²) in [6.07, 6.45) is 9.40. The number of hydrogen-bond acceptors (Lipinski definition) is 0. The summed E-state index contributed by atoms with van der Waals surface area (Å²) in [5, 5.41) is 7.92. The molecular weight excluding hydrogens is 540 g/mol. The molecule has 0 nitrogen and oxygen atoms in total. The lowest BCUT2D eigenvalue weighted by Crippen LogP contribution is -1.92. The average Bonchev–Trinajstić information content (AvgIpc) is 3.33. The van der Waals surface area contributed by atoms with E-state index < -0.39 is 0 Å². The van der Waals surface area contributed by atoms with E-state index in [1.807, 2.05) is 13.8 Å². The Kier molecular flexibility index (Phi) is 8.67. The summed E-state index contributed by atoms with van der Waals surface area (Å²) in [7, 11) is 0. The number of hydrogen-bond donors (Lipinski definition) is 0. The Morgan fingerprint density at radius 1 is 0.533 bits per heavy atom. The van der Waals surface area contributed by atoms with Gasteiger partial charge in [0.05, 0.1) is 0 Å². The summed E-state index contributed by atoms with van der Waals surface area (Å²) in [6, 6.07) is 47.2. The van der Waals surface area contributed by atoms with Gasteiger partial charge in [-0.2, -0.15) is 0 Å². The lowest BCUT2D eigenvalue weighted by atomic mass is 9.84. The first-order valence-electron chi connectivity index (χ1n) is 16.1. The molecule has 45 heavy (non-hydrogen) atoms. The summed E-state index contributed by atoms with van der Waals surface area (Å²) in [4.78, 5) is 0. The average molecular weight is 585 g/mol. The largest absolute Gasteiger partial charge is 0.0811 e. The van der Waals surface area contributed by atoms with Crippen molar-refractivity contribution in [2.24, 2.45) is 5.92 Å². The Morgan fingerprint density at radius 3 is 1.67 bits per heavy atom. The van der Waals surface area contributed by atoms with E-state index in [4.69, 9.17) is 0 Å². The molecule has 0 heterocycles. The summed E-state index contributed by atoms with van der Waals surface area (Å²) in [6.45, 7) is 6.30. The van der Waals surface area contributed by atoms with E-state index >= 15 is 0 Å². The van der Waals surface area contributed by atoms with E-state index in [0.717, 1.165) is 6.42 Å². The smallest absolute Gasteiger partial charge is 0 e. The molecule has 0 aliphatic heterocycles. The molecule has 0 saturated carbocycles. The van der Waals surface area contributed by atoms with Crippen LogP contribution in [0, 0.1) is 5.92 Å². The van der Waals surface area contributed by atoms with Gasteiger partial charge in [0.15, 0.2) is 0 Å². The van der Waals surface area contributed by atoms with Crippen LogP contribution in [0.4, 0.5) is 0 Å². The molecule has 0 spiro atoms. The van der Waals surface area contributed by atoms with Crippen LogP contribution in [0.1, 0.15) is 48.0 Å². The second-order valence-corrected chi connectivity index (χ2v) is 11.7. The van der Waals surface area contributed by atoms with Gasteiger partial charge >= 0.3 is 0 Å². The minimum atomic E-state index is 0. The van der Waals surface area contributed by atoms with E-state index in [1.54, 1.807) is 0 Å². The predicted molar refractivity (Wildman–Crippen MR) is 202 cm³/mol. The van der Waals surface area contributed by atoms with Gasteiger partial charge in [0.25, 0.3) is 0 Å². The van der Waals surface area contributed by atoms with Gasteiger partial charge < -0.3 is 0 Å². The minimum absolute atomic E-state index is 0. The second kappa shape index (κ2) is 13.0. The van der Waals surface area contributed by atoms with Crippen molar-refractivity contribution in [1.29, 1.82) is 0 Å². The molecule has 1 atom stereocenters. The number of allylic oxidation sites excluding steroid dienone is 4. The third-order valence-corrected chi connectivity index (χ3v) is 9.07. The van der Waals surface area contributed by atoms with Crippen LogP contribution in [0.5, 0.6) is 0 Å². The molecule has 7 aromatic rings. The topological polar surface area (TPSA) is 0 Å². The predicted octanol–water partition coefficient (Wildman–Crippen LogP) is 13.9. The first-order chi connectivity index (χ1) is 21.7. The zero-order valence-corrected chi connectivity index (χ0v) is 25.8. The van der Waals surface area contributed by atoms with Crippen molar-refractivity contribution in [3.8, 4) is 33.4 Å². The monoisotopic (exact) mass is 584 g/mol. The van der Waals surface area contributed by atoms with Crippen molar-refractivity contribution in [2.75, 3.05) is 0 Å². The highest BCUT2D eigenvalue weighted by molar-refractivity contribution is 6.29. The van der Waals surface area contributed by atoms with Crippen LogP contribution in [0.15, 0.2) is 146 Å². The molecule has 7 aromatic carbocycles. The molecule has 1 unspecified atom stereocenters. The van der Waals surface area contributed by atoms with Gasteiger partial charge in [-0.3, -0.25) is 0 Å². The Bertz CT molecular complexity index is 2060. The van der Waals surface area contributed by atoms with Crippen LogP contribution < -0.4 is 0 Å². The highest BCUT2D eigenvalue weighted by atomic mass is 14.2. The second-order valence-electron chi connectivity index (χ2n) is 11.7. The molecule has 0 fully saturated rings. The maximum atomic E-state index is 2.39. The Hall–Kier alpha value is -4.94. The molecule has 0 N–H and O–H groups in total. The van der Waals surface area contributed by atoms with Gasteiger partial charge in [0, 0.05) is 1.43 Å². The van der Waals surface area contributed by atoms with Crippen LogP contribution in [-0.4, -0.2) is 0 Å². The maximum Gasteiger partial charge on any atom is 0 e. The highest BCUT2D eigenvalue weighted by Gasteiger charge is 2.18. The zero-order chi connectivity index (χ0) is 30.0. The summed E-state index contributed by atoms with van der Waals surface area (Å²) in [5.74, 6) is 0.639. The van der Waals surface area contributed by atoms with E-state index in [-0.39, 0.29) is 8.85 Å². The van der Waals surface area contributed by atoms with Crippen LogP contribution in [0.2, 0.25) is 0 Å². The fraction of sp³-hybridized carbons (Fsp3) is 0.156. The maximum absolute atomic E-state index is 2.39. The molecule has 1 aliphatic rings. The molecular formula is C45H44. The lowest BCUT2D eigenvalue weighted by molar-refractivity contribution is 0.662. The molecule has 224 valence electrons. The molecule has 1 aliphatic carbocycles. The Labute approximate surface area is 270 Å². The van der Waals surface area contributed by atoms with Crippen LogP contribution >= 0.6 is 0 Å². The normalized spacial score (nSPS) is 14.5. The van der Waals surface area contributed by atoms with E-state index in [9.17, 15) is 0 Å². The molecule has 0 bridgehead atoms. The summed E-state index contributed by atoms with van der Waals surface area (Å²) < 4.78 is 0. The summed E-state index contributed by atoms with van der Waals surface area (Å²) in [5.41, 5.74) is 10.2. The Morgan fingerprint density at radius 2 is 1.04 bits per heavy atom. The van der Waals surface area contributed by atoms with Gasteiger partial charge in [-0.15, -0.1) is 0 Å². The van der Waals surface area contributed by atoms with E-state index in [1.165, 1.54) is 83.3 Å². The van der Waals surface area contributed by atoms with Gasteiger partial charge in [0.1, 0.15) is 0 Å². The fourth-order valence-electron chi connectivity index (χ4n) is 6.85. The van der Waals surface area contributed by atoms with Gasteiger partial charge in [0.2, 0.25) is 0 Å². The molecule has 0 saturated heterocycles. The van der Waals surface area contributed by atoms with Crippen LogP contribution in [0.25, 0.3) is 71.3 Å². The highest BCUT2D eigenvalue weighted by Crippen LogP contribution is 2.46. The van der Waals surface area contributed by atoms with Gasteiger partial charge in [-0.05, 0) is 102 Å². The van der Waals surface area contributed by atoms with E-state index in [2.05, 4.69) is 153 Å². The van der Waals surface area contributed by atoms with E-state index in [0.29, 0.717) is 5.92 Å². The van der Waals surface area contributed by atoms with Crippen molar-refractivity contribution in [1.82, 2.24) is 0 Å². The van der Waals surface area contributed by atoms with Gasteiger partial charge in [-0.25, -0.2) is 0 Å². The number of rotatable bonds is 4. The van der Waals surface area contributed by atoms with Crippen molar-refractivity contribution in [3.63, 3.8) is 0 Å². The first kappa shape index (κ1) is 30.1.